The SMILES string of the molecule is C=CCON[C@H]1CN(C(=O)O)[C@@H](C(=O)O)c2occc21. The average molecular weight is 282 g/mol. The van der Waals surface area contributed by atoms with Crippen LogP contribution in [0.3, 0.4) is 0 Å². The van der Waals surface area contributed by atoms with Gasteiger partial charge in [0.2, 0.25) is 0 Å². The van der Waals surface area contributed by atoms with Crippen molar-refractivity contribution in [2.75, 3.05) is 13.2 Å². The Bertz CT molecular complexity index is 526. The number of hydroxylamine groups is 1. The molecule has 2 atom stereocenters. The average Bonchev–Trinajstić information content (AvgIpc) is 2.86. The van der Waals surface area contributed by atoms with Crippen molar-refractivity contribution in [2.45, 2.75) is 12.1 Å². The summed E-state index contributed by atoms with van der Waals surface area (Å²) < 4.78 is 5.15. The number of rotatable bonds is 5. The predicted molar refractivity (Wildman–Crippen MR) is 65.8 cm³/mol. The van der Waals surface area contributed by atoms with Gasteiger partial charge in [0.05, 0.1) is 18.9 Å². The topological polar surface area (TPSA) is 112 Å². The second kappa shape index (κ2) is 5.76. The number of carboxylic acids is 1. The first kappa shape index (κ1) is 14.1. The van der Waals surface area contributed by atoms with E-state index in [1.807, 2.05) is 0 Å². The van der Waals surface area contributed by atoms with E-state index in [4.69, 9.17) is 14.4 Å². The van der Waals surface area contributed by atoms with Crippen molar-refractivity contribution in [2.24, 2.45) is 0 Å². The fourth-order valence-corrected chi connectivity index (χ4v) is 2.13. The van der Waals surface area contributed by atoms with Crippen LogP contribution in [0.15, 0.2) is 29.4 Å². The Morgan fingerprint density at radius 2 is 2.35 bits per heavy atom. The second-order valence-corrected chi connectivity index (χ2v) is 4.19. The number of aliphatic carboxylic acids is 1. The lowest BCUT2D eigenvalue weighted by molar-refractivity contribution is -0.144. The molecule has 1 aromatic heterocycles. The van der Waals surface area contributed by atoms with E-state index in [1.165, 1.54) is 12.3 Å². The zero-order valence-electron chi connectivity index (χ0n) is 10.5. The minimum atomic E-state index is -1.35. The minimum absolute atomic E-state index is 0.0595. The van der Waals surface area contributed by atoms with E-state index < -0.39 is 24.1 Å². The van der Waals surface area contributed by atoms with Gasteiger partial charge in [0.1, 0.15) is 5.76 Å². The molecule has 0 saturated heterocycles. The van der Waals surface area contributed by atoms with E-state index in [2.05, 4.69) is 12.1 Å². The Morgan fingerprint density at radius 3 is 2.95 bits per heavy atom. The largest absolute Gasteiger partial charge is 0.479 e. The van der Waals surface area contributed by atoms with Crippen LogP contribution in [0.1, 0.15) is 23.4 Å². The first-order chi connectivity index (χ1) is 9.56. The second-order valence-electron chi connectivity index (χ2n) is 4.19. The molecule has 20 heavy (non-hydrogen) atoms. The Kier molecular flexibility index (Phi) is 4.06. The summed E-state index contributed by atoms with van der Waals surface area (Å²) in [4.78, 5) is 28.4. The zero-order valence-corrected chi connectivity index (χ0v) is 10.5. The summed E-state index contributed by atoms with van der Waals surface area (Å²) in [5, 5.41) is 18.3. The molecule has 108 valence electrons. The first-order valence-electron chi connectivity index (χ1n) is 5.84. The third-order valence-electron chi connectivity index (χ3n) is 2.95. The number of hydrogen-bond acceptors (Lipinski definition) is 5. The summed E-state index contributed by atoms with van der Waals surface area (Å²) >= 11 is 0. The van der Waals surface area contributed by atoms with Crippen molar-refractivity contribution in [3.8, 4) is 0 Å². The molecule has 8 nitrogen and oxygen atoms in total. The predicted octanol–water partition coefficient (Wildman–Crippen LogP) is 1.15. The van der Waals surface area contributed by atoms with Gasteiger partial charge < -0.3 is 14.6 Å². The third-order valence-corrected chi connectivity index (χ3v) is 2.95. The number of furan rings is 1. The van der Waals surface area contributed by atoms with Gasteiger partial charge in [-0.15, -0.1) is 6.58 Å². The van der Waals surface area contributed by atoms with Crippen molar-refractivity contribution in [1.29, 1.82) is 0 Å². The maximum Gasteiger partial charge on any atom is 0.408 e. The maximum absolute atomic E-state index is 11.3. The van der Waals surface area contributed by atoms with E-state index in [0.717, 1.165) is 4.90 Å². The van der Waals surface area contributed by atoms with E-state index >= 15 is 0 Å². The van der Waals surface area contributed by atoms with Crippen LogP contribution in [-0.2, 0) is 9.63 Å². The number of fused-ring (bicyclic) bond motifs is 1. The molecule has 1 amide bonds. The van der Waals surface area contributed by atoms with Crippen LogP contribution in [-0.4, -0.2) is 40.3 Å². The fraction of sp³-hybridized carbons (Fsp3) is 0.333. The lowest BCUT2D eigenvalue weighted by Crippen LogP contribution is -2.47. The summed E-state index contributed by atoms with van der Waals surface area (Å²) in [6.45, 7) is 3.67. The Hall–Kier alpha value is -2.32. The molecule has 2 heterocycles. The molecule has 1 aliphatic rings. The highest BCUT2D eigenvalue weighted by Gasteiger charge is 2.42. The molecular formula is C12H14N2O6. The molecule has 0 unspecified atom stereocenters. The number of carboxylic acid groups (broad SMARTS) is 2. The van der Waals surface area contributed by atoms with Crippen LogP contribution in [0, 0.1) is 0 Å². The molecule has 3 N–H and O–H groups in total. The van der Waals surface area contributed by atoms with Crippen LogP contribution in [0.4, 0.5) is 4.79 Å². The molecular weight excluding hydrogens is 268 g/mol. The van der Waals surface area contributed by atoms with Gasteiger partial charge in [-0.3, -0.25) is 9.74 Å². The molecule has 0 spiro atoms. The highest BCUT2D eigenvalue weighted by atomic mass is 16.6. The van der Waals surface area contributed by atoms with Crippen LogP contribution in [0.2, 0.25) is 0 Å². The molecule has 1 aromatic rings. The molecule has 0 radical (unpaired) electrons. The monoisotopic (exact) mass is 282 g/mol. The van der Waals surface area contributed by atoms with Crippen molar-refractivity contribution < 1.29 is 29.1 Å². The molecule has 0 bridgehead atoms. The van der Waals surface area contributed by atoms with Crippen LogP contribution < -0.4 is 5.48 Å². The van der Waals surface area contributed by atoms with Crippen molar-refractivity contribution in [3.05, 3.63) is 36.3 Å². The van der Waals surface area contributed by atoms with Gasteiger partial charge in [0.15, 0.2) is 6.04 Å². The molecule has 1 aliphatic heterocycles. The van der Waals surface area contributed by atoms with Crippen molar-refractivity contribution >= 4 is 12.1 Å². The molecule has 8 heteroatoms. The van der Waals surface area contributed by atoms with Gasteiger partial charge in [-0.2, -0.15) is 5.48 Å². The number of nitrogens with zero attached hydrogens (tertiary/aromatic N) is 1. The van der Waals surface area contributed by atoms with Crippen molar-refractivity contribution in [1.82, 2.24) is 10.4 Å². The van der Waals surface area contributed by atoms with Crippen LogP contribution >= 0.6 is 0 Å². The number of carbonyl (C=O) groups is 2. The van der Waals surface area contributed by atoms with E-state index in [0.29, 0.717) is 5.56 Å². The lowest BCUT2D eigenvalue weighted by atomic mass is 9.97. The number of hydrogen-bond donors (Lipinski definition) is 3. The quantitative estimate of drug-likeness (QED) is 0.422. The van der Waals surface area contributed by atoms with Gasteiger partial charge >= 0.3 is 12.1 Å². The van der Waals surface area contributed by atoms with E-state index in [-0.39, 0.29) is 18.9 Å². The van der Waals surface area contributed by atoms with Gasteiger partial charge in [-0.05, 0) is 6.07 Å². The summed E-state index contributed by atoms with van der Waals surface area (Å²) in [6.07, 6.45) is 1.52. The standard InChI is InChI=1S/C12H14N2O6/c1-2-4-20-13-8-6-14(12(17)18)9(11(15)16)10-7(8)3-5-19-10/h2-3,5,8-9,13H,1,4,6H2,(H,15,16)(H,17,18)/t8-,9+/m0/s1. The fourth-order valence-electron chi connectivity index (χ4n) is 2.13. The number of amides is 1. The Labute approximate surface area is 114 Å². The molecule has 0 aliphatic carbocycles. The Morgan fingerprint density at radius 1 is 1.60 bits per heavy atom. The molecule has 0 aromatic carbocycles. The normalized spacial score (nSPS) is 21.3. The number of nitrogens with one attached hydrogen (secondary N) is 1. The summed E-state index contributed by atoms with van der Waals surface area (Å²) in [5.41, 5.74) is 3.25. The third kappa shape index (κ3) is 2.51. The molecule has 0 fully saturated rings. The molecule has 0 saturated carbocycles. The Balaban J connectivity index is 2.30. The smallest absolute Gasteiger partial charge is 0.408 e. The minimum Gasteiger partial charge on any atom is -0.479 e. The zero-order chi connectivity index (χ0) is 14.7. The highest BCUT2D eigenvalue weighted by molar-refractivity contribution is 5.81. The van der Waals surface area contributed by atoms with Gasteiger partial charge in [0, 0.05) is 12.1 Å². The van der Waals surface area contributed by atoms with E-state index in [9.17, 15) is 14.7 Å². The highest BCUT2D eigenvalue weighted by Crippen LogP contribution is 2.35. The summed E-state index contributed by atoms with van der Waals surface area (Å²) in [7, 11) is 0. The lowest BCUT2D eigenvalue weighted by Gasteiger charge is -2.34. The molecule has 2 rings (SSSR count). The van der Waals surface area contributed by atoms with Crippen LogP contribution in [0.25, 0.3) is 0 Å². The summed E-state index contributed by atoms with van der Waals surface area (Å²) in [6, 6.07) is -0.260. The maximum atomic E-state index is 11.3. The first-order valence-corrected chi connectivity index (χ1v) is 5.84. The van der Waals surface area contributed by atoms with Crippen molar-refractivity contribution in [3.63, 3.8) is 0 Å². The van der Waals surface area contributed by atoms with E-state index in [1.54, 1.807) is 6.07 Å². The van der Waals surface area contributed by atoms with Gasteiger partial charge in [0.25, 0.3) is 0 Å². The van der Waals surface area contributed by atoms with Crippen LogP contribution in [0.5, 0.6) is 0 Å². The summed E-state index contributed by atoms with van der Waals surface area (Å²) in [5.74, 6) is -1.19. The van der Waals surface area contributed by atoms with Gasteiger partial charge in [-0.25, -0.2) is 9.59 Å². The van der Waals surface area contributed by atoms with Gasteiger partial charge in [-0.1, -0.05) is 6.08 Å².